The Bertz CT molecular complexity index is 719. The standard InChI is InChI=1S/C22H24O3/c1-25-18-13-11-17(12-14-18)22(24)15-20(16-7-3-2-4-8-16)19-9-5-6-10-21(19)23/h2-4,7-8,11-14,19-20H,5-6,9-10,15H2,1H3/t19-,20+/m0/s1. The molecule has 0 amide bonds. The molecule has 130 valence electrons. The summed E-state index contributed by atoms with van der Waals surface area (Å²) in [6, 6.07) is 17.2. The van der Waals surface area contributed by atoms with E-state index in [1.807, 2.05) is 30.3 Å². The number of hydrogen-bond acceptors (Lipinski definition) is 3. The van der Waals surface area contributed by atoms with Crippen LogP contribution in [0.1, 0.15) is 53.9 Å². The van der Waals surface area contributed by atoms with Crippen LogP contribution in [0.2, 0.25) is 0 Å². The molecule has 3 nitrogen and oxygen atoms in total. The van der Waals surface area contributed by atoms with Gasteiger partial charge in [-0.05, 0) is 42.7 Å². The molecular formula is C22H24O3. The first-order valence-electron chi connectivity index (χ1n) is 8.94. The first-order valence-corrected chi connectivity index (χ1v) is 8.94. The molecule has 0 N–H and O–H groups in total. The maximum Gasteiger partial charge on any atom is 0.163 e. The molecule has 0 radical (unpaired) electrons. The van der Waals surface area contributed by atoms with Gasteiger partial charge in [0, 0.05) is 30.2 Å². The van der Waals surface area contributed by atoms with Crippen molar-refractivity contribution in [2.24, 2.45) is 5.92 Å². The number of benzene rings is 2. The van der Waals surface area contributed by atoms with Crippen LogP contribution in [0.15, 0.2) is 54.6 Å². The van der Waals surface area contributed by atoms with Crippen LogP contribution in [0, 0.1) is 5.92 Å². The minimum absolute atomic E-state index is 0.0383. The lowest BCUT2D eigenvalue weighted by atomic mass is 9.73. The summed E-state index contributed by atoms with van der Waals surface area (Å²) in [5.74, 6) is 1.04. The molecule has 1 aliphatic carbocycles. The smallest absolute Gasteiger partial charge is 0.163 e. The van der Waals surface area contributed by atoms with E-state index in [1.54, 1.807) is 31.4 Å². The summed E-state index contributed by atoms with van der Waals surface area (Å²) < 4.78 is 5.15. The van der Waals surface area contributed by atoms with Crippen molar-refractivity contribution in [2.75, 3.05) is 7.11 Å². The number of Topliss-reactive ketones (excluding diaryl/α,β-unsaturated/α-hetero) is 2. The van der Waals surface area contributed by atoms with E-state index in [4.69, 9.17) is 4.74 Å². The highest BCUT2D eigenvalue weighted by Crippen LogP contribution is 2.37. The molecular weight excluding hydrogens is 312 g/mol. The number of rotatable bonds is 6. The molecule has 3 rings (SSSR count). The Hall–Kier alpha value is -2.42. The second-order valence-electron chi connectivity index (χ2n) is 6.69. The summed E-state index contributed by atoms with van der Waals surface area (Å²) in [7, 11) is 1.61. The van der Waals surface area contributed by atoms with Gasteiger partial charge in [-0.15, -0.1) is 0 Å². The van der Waals surface area contributed by atoms with Gasteiger partial charge in [-0.1, -0.05) is 36.8 Å². The van der Waals surface area contributed by atoms with E-state index in [2.05, 4.69) is 0 Å². The molecule has 0 heterocycles. The van der Waals surface area contributed by atoms with Gasteiger partial charge in [-0.3, -0.25) is 9.59 Å². The summed E-state index contributed by atoms with van der Waals surface area (Å²) in [6.45, 7) is 0. The second-order valence-corrected chi connectivity index (χ2v) is 6.69. The largest absolute Gasteiger partial charge is 0.497 e. The Balaban J connectivity index is 1.83. The molecule has 0 bridgehead atoms. The van der Waals surface area contributed by atoms with E-state index in [-0.39, 0.29) is 17.6 Å². The van der Waals surface area contributed by atoms with Crippen LogP contribution in [0.4, 0.5) is 0 Å². The number of methoxy groups -OCH3 is 1. The molecule has 1 aliphatic rings. The van der Waals surface area contributed by atoms with E-state index in [9.17, 15) is 9.59 Å². The second kappa shape index (κ2) is 8.11. The Kier molecular flexibility index (Phi) is 5.64. The first kappa shape index (κ1) is 17.4. The molecule has 2 atom stereocenters. The SMILES string of the molecule is COc1ccc(C(=O)C[C@H](c2ccccc2)[C@@H]2CCCCC2=O)cc1. The molecule has 0 saturated heterocycles. The molecule has 0 aromatic heterocycles. The van der Waals surface area contributed by atoms with Gasteiger partial charge in [0.15, 0.2) is 5.78 Å². The van der Waals surface area contributed by atoms with Crippen LogP contribution in [0.5, 0.6) is 5.75 Å². The normalized spacial score (nSPS) is 18.6. The molecule has 2 aromatic rings. The summed E-state index contributed by atoms with van der Waals surface area (Å²) in [5, 5.41) is 0. The highest BCUT2D eigenvalue weighted by molar-refractivity contribution is 5.97. The number of ether oxygens (including phenoxy) is 1. The Labute approximate surface area is 149 Å². The molecule has 3 heteroatoms. The maximum atomic E-state index is 12.8. The van der Waals surface area contributed by atoms with Crippen LogP contribution in [0.25, 0.3) is 0 Å². The highest BCUT2D eigenvalue weighted by atomic mass is 16.5. The fourth-order valence-corrected chi connectivity index (χ4v) is 3.72. The fourth-order valence-electron chi connectivity index (χ4n) is 3.72. The van der Waals surface area contributed by atoms with Gasteiger partial charge in [-0.2, -0.15) is 0 Å². The Morgan fingerprint density at radius 1 is 1.08 bits per heavy atom. The molecule has 1 saturated carbocycles. The summed E-state index contributed by atoms with van der Waals surface area (Å²) in [5.41, 5.74) is 1.76. The topological polar surface area (TPSA) is 43.4 Å². The summed E-state index contributed by atoms with van der Waals surface area (Å²) in [6.07, 6.45) is 3.94. The van der Waals surface area contributed by atoms with Gasteiger partial charge in [-0.25, -0.2) is 0 Å². The fraction of sp³-hybridized carbons (Fsp3) is 0.364. The third-order valence-electron chi connectivity index (χ3n) is 5.13. The summed E-state index contributed by atoms with van der Waals surface area (Å²) in [4.78, 5) is 25.3. The van der Waals surface area contributed by atoms with E-state index in [0.29, 0.717) is 24.2 Å². The van der Waals surface area contributed by atoms with Gasteiger partial charge in [0.2, 0.25) is 0 Å². The Morgan fingerprint density at radius 3 is 2.44 bits per heavy atom. The van der Waals surface area contributed by atoms with Crippen LogP contribution < -0.4 is 4.74 Å². The minimum atomic E-state index is -0.0432. The van der Waals surface area contributed by atoms with Crippen molar-refractivity contribution in [3.8, 4) is 5.75 Å². The summed E-state index contributed by atoms with van der Waals surface area (Å²) >= 11 is 0. The van der Waals surface area contributed by atoms with Crippen LogP contribution >= 0.6 is 0 Å². The van der Waals surface area contributed by atoms with E-state index in [1.165, 1.54) is 0 Å². The monoisotopic (exact) mass is 336 g/mol. The molecule has 0 aliphatic heterocycles. The van der Waals surface area contributed by atoms with Crippen molar-refractivity contribution in [2.45, 2.75) is 38.0 Å². The zero-order chi connectivity index (χ0) is 17.6. The third kappa shape index (κ3) is 4.16. The number of carbonyl (C=O) groups is 2. The Morgan fingerprint density at radius 2 is 1.80 bits per heavy atom. The van der Waals surface area contributed by atoms with Gasteiger partial charge >= 0.3 is 0 Å². The predicted molar refractivity (Wildman–Crippen MR) is 98.1 cm³/mol. The van der Waals surface area contributed by atoms with Crippen LogP contribution in [-0.4, -0.2) is 18.7 Å². The van der Waals surface area contributed by atoms with Crippen LogP contribution in [0.3, 0.4) is 0 Å². The van der Waals surface area contributed by atoms with Crippen molar-refractivity contribution >= 4 is 11.6 Å². The third-order valence-corrected chi connectivity index (χ3v) is 5.13. The van der Waals surface area contributed by atoms with Crippen molar-refractivity contribution < 1.29 is 14.3 Å². The lowest BCUT2D eigenvalue weighted by molar-refractivity contribution is -0.125. The maximum absolute atomic E-state index is 12.8. The molecule has 2 aromatic carbocycles. The molecule has 25 heavy (non-hydrogen) atoms. The van der Waals surface area contributed by atoms with E-state index < -0.39 is 0 Å². The zero-order valence-electron chi connectivity index (χ0n) is 14.6. The van der Waals surface area contributed by atoms with Gasteiger partial charge in [0.05, 0.1) is 7.11 Å². The molecule has 0 spiro atoms. The predicted octanol–water partition coefficient (Wildman–Crippen LogP) is 4.81. The van der Waals surface area contributed by atoms with Gasteiger partial charge in [0.1, 0.15) is 11.5 Å². The number of carbonyl (C=O) groups excluding carboxylic acids is 2. The van der Waals surface area contributed by atoms with Crippen molar-refractivity contribution in [1.29, 1.82) is 0 Å². The van der Waals surface area contributed by atoms with Crippen molar-refractivity contribution in [3.63, 3.8) is 0 Å². The first-order chi connectivity index (χ1) is 12.2. The van der Waals surface area contributed by atoms with Crippen molar-refractivity contribution in [1.82, 2.24) is 0 Å². The number of ketones is 2. The molecule has 0 unspecified atom stereocenters. The lowest BCUT2D eigenvalue weighted by Crippen LogP contribution is -2.27. The number of hydrogen-bond donors (Lipinski definition) is 0. The average molecular weight is 336 g/mol. The minimum Gasteiger partial charge on any atom is -0.497 e. The van der Waals surface area contributed by atoms with Gasteiger partial charge in [0.25, 0.3) is 0 Å². The quantitative estimate of drug-likeness (QED) is 0.711. The average Bonchev–Trinajstić information content (AvgIpc) is 2.67. The van der Waals surface area contributed by atoms with E-state index in [0.717, 1.165) is 30.6 Å². The van der Waals surface area contributed by atoms with Crippen LogP contribution in [-0.2, 0) is 4.79 Å². The van der Waals surface area contributed by atoms with Crippen molar-refractivity contribution in [3.05, 3.63) is 65.7 Å². The lowest BCUT2D eigenvalue weighted by Gasteiger charge is -2.29. The van der Waals surface area contributed by atoms with Gasteiger partial charge < -0.3 is 4.74 Å². The van der Waals surface area contributed by atoms with E-state index >= 15 is 0 Å². The highest BCUT2D eigenvalue weighted by Gasteiger charge is 2.32. The molecule has 1 fully saturated rings. The zero-order valence-corrected chi connectivity index (χ0v) is 14.6.